The molecule has 1 aromatic heterocycles. The molecule has 1 atom stereocenters. The van der Waals surface area contributed by atoms with E-state index in [1.807, 2.05) is 12.1 Å². The van der Waals surface area contributed by atoms with Crippen molar-refractivity contribution in [3.8, 4) is 0 Å². The van der Waals surface area contributed by atoms with Crippen molar-refractivity contribution in [2.24, 2.45) is 5.92 Å². The van der Waals surface area contributed by atoms with E-state index in [9.17, 15) is 0 Å². The van der Waals surface area contributed by atoms with Crippen LogP contribution in [0.5, 0.6) is 0 Å². The van der Waals surface area contributed by atoms with E-state index < -0.39 is 0 Å². The van der Waals surface area contributed by atoms with Gasteiger partial charge in [-0.05, 0) is 38.8 Å². The van der Waals surface area contributed by atoms with Gasteiger partial charge in [0.25, 0.3) is 0 Å². The number of ether oxygens (including phenoxy) is 1. The molecule has 0 radical (unpaired) electrons. The first kappa shape index (κ1) is 11.7. The Labute approximate surface area is 97.2 Å². The third kappa shape index (κ3) is 3.35. The summed E-state index contributed by atoms with van der Waals surface area (Å²) in [5.41, 5.74) is 0.0709. The quantitative estimate of drug-likeness (QED) is 0.842. The number of quaternary nitrogens is 1. The van der Waals surface area contributed by atoms with Crippen molar-refractivity contribution < 1.29 is 14.5 Å². The maximum absolute atomic E-state index is 5.72. The van der Waals surface area contributed by atoms with E-state index in [0.29, 0.717) is 0 Å². The first-order valence-corrected chi connectivity index (χ1v) is 6.14. The second-order valence-electron chi connectivity index (χ2n) is 5.27. The zero-order valence-electron chi connectivity index (χ0n) is 10.2. The lowest BCUT2D eigenvalue weighted by Crippen LogP contribution is -2.84. The number of hydrogen-bond acceptors (Lipinski definition) is 2. The molecular weight excluding hydrogens is 202 g/mol. The third-order valence-electron chi connectivity index (χ3n) is 3.22. The Morgan fingerprint density at radius 1 is 1.50 bits per heavy atom. The van der Waals surface area contributed by atoms with E-state index in [4.69, 9.17) is 9.15 Å². The Morgan fingerprint density at radius 2 is 2.38 bits per heavy atom. The van der Waals surface area contributed by atoms with Crippen molar-refractivity contribution in [1.82, 2.24) is 0 Å². The summed E-state index contributed by atoms with van der Waals surface area (Å²) in [5.74, 6) is 1.84. The van der Waals surface area contributed by atoms with Gasteiger partial charge in [-0.3, -0.25) is 0 Å². The Morgan fingerprint density at radius 3 is 3.06 bits per heavy atom. The Hall–Kier alpha value is -0.800. The molecule has 2 N–H and O–H groups in total. The largest absolute Gasteiger partial charge is 0.463 e. The van der Waals surface area contributed by atoms with Crippen LogP contribution in [0.25, 0.3) is 0 Å². The van der Waals surface area contributed by atoms with Crippen LogP contribution >= 0.6 is 0 Å². The van der Waals surface area contributed by atoms with Crippen LogP contribution in [0, 0.1) is 5.92 Å². The monoisotopic (exact) mass is 224 g/mol. The number of hydrogen-bond donors (Lipinski definition) is 1. The van der Waals surface area contributed by atoms with E-state index in [2.05, 4.69) is 19.2 Å². The molecule has 0 unspecified atom stereocenters. The molecule has 1 fully saturated rings. The zero-order chi connectivity index (χ0) is 11.4. The van der Waals surface area contributed by atoms with E-state index >= 15 is 0 Å². The topological polar surface area (TPSA) is 39.0 Å². The van der Waals surface area contributed by atoms with Gasteiger partial charge in [0.2, 0.25) is 0 Å². The van der Waals surface area contributed by atoms with Gasteiger partial charge >= 0.3 is 0 Å². The standard InChI is InChI=1S/C13H21NO2/c1-13(2)8-11(5-7-16-13)9-14-10-12-4-3-6-15-12/h3-4,6,11,14H,5,7-10H2,1-2H3/p+1/t11-/m1/s1. The van der Waals surface area contributed by atoms with Gasteiger partial charge in [0.1, 0.15) is 6.54 Å². The minimum atomic E-state index is 0.0709. The molecule has 0 saturated carbocycles. The van der Waals surface area contributed by atoms with Gasteiger partial charge in [0.05, 0.1) is 18.4 Å². The molecule has 3 heteroatoms. The van der Waals surface area contributed by atoms with E-state index in [1.54, 1.807) is 6.26 Å². The highest BCUT2D eigenvalue weighted by Crippen LogP contribution is 2.27. The van der Waals surface area contributed by atoms with Gasteiger partial charge in [-0.15, -0.1) is 0 Å². The molecule has 2 heterocycles. The molecule has 0 spiro atoms. The van der Waals surface area contributed by atoms with Gasteiger partial charge in [-0.2, -0.15) is 0 Å². The lowest BCUT2D eigenvalue weighted by molar-refractivity contribution is -0.678. The van der Waals surface area contributed by atoms with Gasteiger partial charge in [0, 0.05) is 12.5 Å². The predicted molar refractivity (Wildman–Crippen MR) is 62.0 cm³/mol. The molecule has 0 amide bonds. The van der Waals surface area contributed by atoms with Crippen molar-refractivity contribution in [3.05, 3.63) is 24.2 Å². The third-order valence-corrected chi connectivity index (χ3v) is 3.22. The smallest absolute Gasteiger partial charge is 0.157 e. The highest BCUT2D eigenvalue weighted by molar-refractivity contribution is 4.95. The summed E-state index contributed by atoms with van der Waals surface area (Å²) in [5, 5.41) is 2.34. The first-order chi connectivity index (χ1) is 7.66. The van der Waals surface area contributed by atoms with Crippen LogP contribution in [-0.4, -0.2) is 18.8 Å². The fourth-order valence-corrected chi connectivity index (χ4v) is 2.45. The fourth-order valence-electron chi connectivity index (χ4n) is 2.45. The summed E-state index contributed by atoms with van der Waals surface area (Å²) in [6.45, 7) is 7.40. The lowest BCUT2D eigenvalue weighted by atomic mass is 9.88. The second-order valence-corrected chi connectivity index (χ2v) is 5.27. The Bertz CT molecular complexity index is 306. The lowest BCUT2D eigenvalue weighted by Gasteiger charge is -2.34. The summed E-state index contributed by atoms with van der Waals surface area (Å²) in [7, 11) is 0. The SMILES string of the molecule is CC1(C)C[C@H](C[NH2+]Cc2ccco2)CCO1. The Kier molecular flexibility index (Phi) is 3.66. The highest BCUT2D eigenvalue weighted by Gasteiger charge is 2.29. The van der Waals surface area contributed by atoms with Crippen LogP contribution in [0.4, 0.5) is 0 Å². The molecule has 1 aliphatic rings. The molecule has 3 nitrogen and oxygen atoms in total. The average molecular weight is 224 g/mol. The molecule has 1 aliphatic heterocycles. The molecular formula is C13H22NO2+. The molecule has 2 rings (SSSR count). The van der Waals surface area contributed by atoms with Crippen LogP contribution in [0.15, 0.2) is 22.8 Å². The van der Waals surface area contributed by atoms with Gasteiger partial charge in [0.15, 0.2) is 5.76 Å². The molecule has 0 aliphatic carbocycles. The maximum atomic E-state index is 5.72. The highest BCUT2D eigenvalue weighted by atomic mass is 16.5. The summed E-state index contributed by atoms with van der Waals surface area (Å²) < 4.78 is 11.0. The van der Waals surface area contributed by atoms with Crippen molar-refractivity contribution in [2.45, 2.75) is 38.8 Å². The molecule has 16 heavy (non-hydrogen) atoms. The fraction of sp³-hybridized carbons (Fsp3) is 0.692. The van der Waals surface area contributed by atoms with Crippen LogP contribution in [0.2, 0.25) is 0 Å². The van der Waals surface area contributed by atoms with Crippen molar-refractivity contribution in [1.29, 1.82) is 0 Å². The minimum absolute atomic E-state index is 0.0709. The van der Waals surface area contributed by atoms with Crippen molar-refractivity contribution in [2.75, 3.05) is 13.2 Å². The molecule has 0 bridgehead atoms. The van der Waals surface area contributed by atoms with E-state index in [-0.39, 0.29) is 5.60 Å². The first-order valence-electron chi connectivity index (χ1n) is 6.14. The number of nitrogens with two attached hydrogens (primary N) is 1. The summed E-state index contributed by atoms with van der Waals surface area (Å²) in [6, 6.07) is 3.98. The molecule has 1 saturated heterocycles. The molecule has 1 aromatic rings. The van der Waals surface area contributed by atoms with Crippen LogP contribution in [0.3, 0.4) is 0 Å². The zero-order valence-corrected chi connectivity index (χ0v) is 10.2. The van der Waals surface area contributed by atoms with Crippen molar-refractivity contribution in [3.63, 3.8) is 0 Å². The summed E-state index contributed by atoms with van der Waals surface area (Å²) in [4.78, 5) is 0. The van der Waals surface area contributed by atoms with Crippen molar-refractivity contribution >= 4 is 0 Å². The summed E-state index contributed by atoms with van der Waals surface area (Å²) in [6.07, 6.45) is 4.10. The predicted octanol–water partition coefficient (Wildman–Crippen LogP) is 1.55. The van der Waals surface area contributed by atoms with Crippen LogP contribution in [-0.2, 0) is 11.3 Å². The molecule has 0 aromatic carbocycles. The minimum Gasteiger partial charge on any atom is -0.463 e. The van der Waals surface area contributed by atoms with E-state index in [0.717, 1.165) is 24.8 Å². The number of rotatable bonds is 4. The summed E-state index contributed by atoms with van der Waals surface area (Å²) >= 11 is 0. The van der Waals surface area contributed by atoms with Gasteiger partial charge in [-0.1, -0.05) is 0 Å². The number of furan rings is 1. The van der Waals surface area contributed by atoms with Gasteiger partial charge < -0.3 is 14.5 Å². The van der Waals surface area contributed by atoms with Crippen LogP contribution < -0.4 is 5.32 Å². The van der Waals surface area contributed by atoms with E-state index in [1.165, 1.54) is 19.4 Å². The second kappa shape index (κ2) is 5.02. The average Bonchev–Trinajstić information content (AvgIpc) is 2.69. The van der Waals surface area contributed by atoms with Crippen LogP contribution in [0.1, 0.15) is 32.4 Å². The normalized spacial score (nSPS) is 24.5. The molecule has 90 valence electrons. The Balaban J connectivity index is 1.70. The maximum Gasteiger partial charge on any atom is 0.157 e. The van der Waals surface area contributed by atoms with Gasteiger partial charge in [-0.25, -0.2) is 0 Å².